The van der Waals surface area contributed by atoms with Gasteiger partial charge in [0.1, 0.15) is 5.78 Å². The molecule has 0 amide bonds. The number of hydrogen-bond donors (Lipinski definition) is 1. The van der Waals surface area contributed by atoms with Crippen molar-refractivity contribution in [1.82, 2.24) is 0 Å². The molecule has 4 rings (SSSR count). The molecular formula is C27H49ClO3. The number of carbonyl (C=O) groups is 1. The Bertz CT molecular complexity index is 609. The van der Waals surface area contributed by atoms with Gasteiger partial charge in [0, 0.05) is 11.3 Å². The minimum absolute atomic E-state index is 0.0188. The van der Waals surface area contributed by atoms with Gasteiger partial charge in [0.2, 0.25) is 0 Å². The molecule has 9 atom stereocenters. The summed E-state index contributed by atoms with van der Waals surface area (Å²) in [6, 6.07) is 0. The van der Waals surface area contributed by atoms with E-state index in [1.54, 1.807) is 6.92 Å². The third-order valence-corrected chi connectivity index (χ3v) is 10.3. The van der Waals surface area contributed by atoms with Crippen LogP contribution in [0.15, 0.2) is 0 Å². The number of aliphatic hydroxyl groups excluding tert-OH is 1. The number of rotatable bonds is 3. The van der Waals surface area contributed by atoms with Crippen LogP contribution in [-0.4, -0.2) is 34.6 Å². The second-order valence-electron chi connectivity index (χ2n) is 10.9. The van der Waals surface area contributed by atoms with Crippen LogP contribution in [0.2, 0.25) is 0 Å². The van der Waals surface area contributed by atoms with Crippen LogP contribution in [0.1, 0.15) is 107 Å². The highest BCUT2D eigenvalue weighted by atomic mass is 35.5. The van der Waals surface area contributed by atoms with Crippen molar-refractivity contribution < 1.29 is 14.6 Å². The summed E-state index contributed by atoms with van der Waals surface area (Å²) < 4.78 is 6.35. The largest absolute Gasteiger partial charge is 0.393 e. The fourth-order valence-corrected chi connectivity index (χ4v) is 8.03. The first-order valence-electron chi connectivity index (χ1n) is 13.1. The minimum Gasteiger partial charge on any atom is -0.393 e. The molecule has 9 unspecified atom stereocenters. The Kier molecular flexibility index (Phi) is 9.13. The van der Waals surface area contributed by atoms with E-state index in [1.807, 2.05) is 27.7 Å². The lowest BCUT2D eigenvalue weighted by molar-refractivity contribution is -0.126. The zero-order chi connectivity index (χ0) is 23.6. The molecule has 3 aliphatic carbocycles. The SMILES string of the molecule is CC.CC.CC(=O)C1CCC2C(CC3OCC4(C)CCC(O)CC34Cl)C(C)CCC12C. The Balaban J connectivity index is 0.000000807. The number of ketones is 1. The van der Waals surface area contributed by atoms with Crippen molar-refractivity contribution in [3.05, 3.63) is 0 Å². The molecule has 3 saturated carbocycles. The lowest BCUT2D eigenvalue weighted by Gasteiger charge is -2.50. The Morgan fingerprint density at radius 3 is 2.32 bits per heavy atom. The molecule has 4 aliphatic rings. The fraction of sp³-hybridized carbons (Fsp3) is 0.963. The standard InChI is InChI=1S/C23H37ClO3.2C2H6/c1-14-7-10-22(4)18(15(2)25)5-6-19(22)17(14)11-20-23(24)12-16(26)8-9-21(23,3)13-27-20;2*1-2/h14,16-20,26H,5-13H2,1-4H3;2*1-2H3. The van der Waals surface area contributed by atoms with Crippen LogP contribution < -0.4 is 0 Å². The van der Waals surface area contributed by atoms with Crippen LogP contribution in [0.25, 0.3) is 0 Å². The van der Waals surface area contributed by atoms with Crippen molar-refractivity contribution in [2.45, 2.75) is 124 Å². The van der Waals surface area contributed by atoms with Crippen molar-refractivity contribution in [3.63, 3.8) is 0 Å². The van der Waals surface area contributed by atoms with Crippen molar-refractivity contribution >= 4 is 17.4 Å². The van der Waals surface area contributed by atoms with Gasteiger partial charge in [-0.25, -0.2) is 0 Å². The Morgan fingerprint density at radius 1 is 1.06 bits per heavy atom. The maximum Gasteiger partial charge on any atom is 0.133 e. The summed E-state index contributed by atoms with van der Waals surface area (Å²) >= 11 is 7.26. The predicted molar refractivity (Wildman–Crippen MR) is 130 cm³/mol. The lowest BCUT2D eigenvalue weighted by atomic mass is 9.56. The zero-order valence-corrected chi connectivity index (χ0v) is 22.2. The van der Waals surface area contributed by atoms with Gasteiger partial charge in [-0.1, -0.05) is 48.5 Å². The molecule has 0 aromatic heterocycles. The number of carbonyl (C=O) groups excluding carboxylic acids is 1. The maximum atomic E-state index is 12.3. The van der Waals surface area contributed by atoms with E-state index in [9.17, 15) is 9.90 Å². The quantitative estimate of drug-likeness (QED) is 0.464. The summed E-state index contributed by atoms with van der Waals surface area (Å²) in [5.74, 6) is 2.42. The predicted octanol–water partition coefficient (Wildman–Crippen LogP) is 7.02. The van der Waals surface area contributed by atoms with Crippen LogP contribution >= 0.6 is 11.6 Å². The molecule has 182 valence electrons. The molecule has 4 heteroatoms. The number of aliphatic hydroxyl groups is 1. The molecule has 4 fully saturated rings. The molecule has 3 nitrogen and oxygen atoms in total. The van der Waals surface area contributed by atoms with Crippen molar-refractivity contribution in [2.24, 2.45) is 34.5 Å². The monoisotopic (exact) mass is 456 g/mol. The Hall–Kier alpha value is -0.120. The highest BCUT2D eigenvalue weighted by molar-refractivity contribution is 6.25. The number of Topliss-reactive ketones (excluding diaryl/α,β-unsaturated/α-hetero) is 1. The number of fused-ring (bicyclic) bond motifs is 2. The van der Waals surface area contributed by atoms with Gasteiger partial charge in [0.15, 0.2) is 0 Å². The van der Waals surface area contributed by atoms with Crippen LogP contribution in [0.5, 0.6) is 0 Å². The summed E-state index contributed by atoms with van der Waals surface area (Å²) in [7, 11) is 0. The first-order valence-corrected chi connectivity index (χ1v) is 13.5. The third-order valence-electron chi connectivity index (χ3n) is 9.45. The average Bonchev–Trinajstić information content (AvgIpc) is 3.22. The van der Waals surface area contributed by atoms with Gasteiger partial charge in [-0.3, -0.25) is 4.79 Å². The number of hydrogen-bond acceptors (Lipinski definition) is 3. The van der Waals surface area contributed by atoms with Crippen LogP contribution in [0, 0.1) is 34.5 Å². The van der Waals surface area contributed by atoms with E-state index in [2.05, 4.69) is 20.8 Å². The number of alkyl halides is 1. The first-order chi connectivity index (χ1) is 14.6. The number of halogens is 1. The van der Waals surface area contributed by atoms with Crippen LogP contribution in [0.3, 0.4) is 0 Å². The summed E-state index contributed by atoms with van der Waals surface area (Å²) in [5.41, 5.74) is 0.119. The molecule has 0 radical (unpaired) electrons. The van der Waals surface area contributed by atoms with Crippen molar-refractivity contribution in [2.75, 3.05) is 6.61 Å². The average molecular weight is 457 g/mol. The summed E-state index contributed by atoms with van der Waals surface area (Å²) in [5, 5.41) is 10.3. The van der Waals surface area contributed by atoms with Crippen molar-refractivity contribution in [3.8, 4) is 0 Å². The first kappa shape index (κ1) is 27.1. The van der Waals surface area contributed by atoms with E-state index in [0.717, 1.165) is 32.1 Å². The van der Waals surface area contributed by atoms with Crippen LogP contribution in [0.4, 0.5) is 0 Å². The van der Waals surface area contributed by atoms with E-state index in [-0.39, 0.29) is 29.0 Å². The Morgan fingerprint density at radius 2 is 1.71 bits per heavy atom. The maximum absolute atomic E-state index is 12.3. The summed E-state index contributed by atoms with van der Waals surface area (Å²) in [6.07, 6.45) is 7.71. The zero-order valence-electron chi connectivity index (χ0n) is 21.5. The van der Waals surface area contributed by atoms with Gasteiger partial charge in [-0.15, -0.1) is 11.6 Å². The molecule has 1 saturated heterocycles. The smallest absolute Gasteiger partial charge is 0.133 e. The van der Waals surface area contributed by atoms with E-state index < -0.39 is 4.87 Å². The second kappa shape index (κ2) is 10.4. The van der Waals surface area contributed by atoms with Gasteiger partial charge in [-0.2, -0.15) is 0 Å². The van der Waals surface area contributed by atoms with E-state index in [4.69, 9.17) is 16.3 Å². The molecule has 1 heterocycles. The van der Waals surface area contributed by atoms with Gasteiger partial charge in [0.05, 0.1) is 23.7 Å². The third kappa shape index (κ3) is 4.62. The lowest BCUT2D eigenvalue weighted by Crippen LogP contribution is -2.52. The number of ether oxygens (including phenoxy) is 1. The summed E-state index contributed by atoms with van der Waals surface area (Å²) in [6.45, 7) is 17.5. The molecular weight excluding hydrogens is 408 g/mol. The second-order valence-corrected chi connectivity index (χ2v) is 11.6. The molecule has 1 N–H and O–H groups in total. The highest BCUT2D eigenvalue weighted by Gasteiger charge is 2.62. The molecule has 0 aromatic rings. The van der Waals surface area contributed by atoms with E-state index in [0.29, 0.717) is 36.6 Å². The summed E-state index contributed by atoms with van der Waals surface area (Å²) in [4.78, 5) is 11.8. The highest BCUT2D eigenvalue weighted by Crippen LogP contribution is 2.62. The van der Waals surface area contributed by atoms with E-state index in [1.165, 1.54) is 12.8 Å². The Labute approximate surface area is 197 Å². The van der Waals surface area contributed by atoms with Crippen LogP contribution in [-0.2, 0) is 9.53 Å². The van der Waals surface area contributed by atoms with Gasteiger partial charge in [0.25, 0.3) is 0 Å². The molecule has 0 spiro atoms. The van der Waals surface area contributed by atoms with Gasteiger partial charge < -0.3 is 9.84 Å². The minimum atomic E-state index is -0.448. The van der Waals surface area contributed by atoms with Crippen molar-refractivity contribution in [1.29, 1.82) is 0 Å². The topological polar surface area (TPSA) is 46.5 Å². The fourth-order valence-electron chi connectivity index (χ4n) is 7.56. The van der Waals surface area contributed by atoms with Gasteiger partial charge in [-0.05, 0) is 81.5 Å². The molecule has 31 heavy (non-hydrogen) atoms. The van der Waals surface area contributed by atoms with E-state index >= 15 is 0 Å². The van der Waals surface area contributed by atoms with Gasteiger partial charge >= 0.3 is 0 Å². The molecule has 1 aliphatic heterocycles. The molecule has 0 aromatic carbocycles. The molecule has 0 bridgehead atoms. The normalized spacial score (nSPS) is 48.5.